The van der Waals surface area contributed by atoms with Gasteiger partial charge in [0, 0.05) is 28.7 Å². The van der Waals surface area contributed by atoms with Crippen molar-refractivity contribution in [3.8, 4) is 11.4 Å². The molecule has 0 aliphatic rings. The van der Waals surface area contributed by atoms with Crippen LogP contribution in [-0.2, 0) is 6.54 Å². The average molecular weight is 328 g/mol. The van der Waals surface area contributed by atoms with Crippen molar-refractivity contribution in [3.63, 3.8) is 0 Å². The van der Waals surface area contributed by atoms with Gasteiger partial charge in [-0.05, 0) is 41.1 Å². The molecule has 2 aromatic carbocycles. The molecule has 0 spiro atoms. The third-order valence-corrected chi connectivity index (χ3v) is 3.90. The first-order valence-corrected chi connectivity index (χ1v) is 7.35. The van der Waals surface area contributed by atoms with Gasteiger partial charge in [0.05, 0.1) is 5.52 Å². The molecule has 0 unspecified atom stereocenters. The highest BCUT2D eigenvalue weighted by atomic mass is 35.5. The van der Waals surface area contributed by atoms with Crippen LogP contribution in [0, 0.1) is 5.82 Å². The molecule has 0 amide bonds. The van der Waals surface area contributed by atoms with Gasteiger partial charge < -0.3 is 4.57 Å². The summed E-state index contributed by atoms with van der Waals surface area (Å²) in [6.45, 7) is 0.607. The number of aromatic nitrogens is 5. The maximum absolute atomic E-state index is 13.1. The van der Waals surface area contributed by atoms with E-state index in [1.165, 1.54) is 12.1 Å². The van der Waals surface area contributed by atoms with Crippen LogP contribution in [0.5, 0.6) is 0 Å². The second-order valence-corrected chi connectivity index (χ2v) is 5.63. The summed E-state index contributed by atoms with van der Waals surface area (Å²) in [5.74, 6) is 0.238. The molecule has 23 heavy (non-hydrogen) atoms. The number of aromatic amines is 1. The number of halogens is 2. The molecule has 4 rings (SSSR count). The summed E-state index contributed by atoms with van der Waals surface area (Å²) in [5, 5.41) is 15.8. The molecule has 7 heteroatoms. The van der Waals surface area contributed by atoms with E-state index >= 15 is 0 Å². The van der Waals surface area contributed by atoms with E-state index in [1.54, 1.807) is 12.1 Å². The molecule has 4 aromatic rings. The van der Waals surface area contributed by atoms with Gasteiger partial charge in [-0.2, -0.15) is 5.21 Å². The van der Waals surface area contributed by atoms with Crippen LogP contribution in [0.2, 0.25) is 5.02 Å². The van der Waals surface area contributed by atoms with Crippen LogP contribution in [0.3, 0.4) is 0 Å². The minimum Gasteiger partial charge on any atom is -0.342 e. The number of nitrogens with one attached hydrogen (secondary N) is 1. The Morgan fingerprint density at radius 2 is 1.96 bits per heavy atom. The van der Waals surface area contributed by atoms with Gasteiger partial charge in [0.25, 0.3) is 0 Å². The molecule has 0 radical (unpaired) electrons. The largest absolute Gasteiger partial charge is 0.342 e. The number of hydrogen-bond donors (Lipinski definition) is 1. The van der Waals surface area contributed by atoms with Gasteiger partial charge in [-0.1, -0.05) is 23.7 Å². The highest BCUT2D eigenvalue weighted by Gasteiger charge is 2.14. The fourth-order valence-corrected chi connectivity index (χ4v) is 2.90. The van der Waals surface area contributed by atoms with E-state index in [-0.39, 0.29) is 5.82 Å². The summed E-state index contributed by atoms with van der Waals surface area (Å²) in [5.41, 5.74) is 2.76. The van der Waals surface area contributed by atoms with Crippen LogP contribution in [0.15, 0.2) is 48.7 Å². The SMILES string of the molecule is Fc1ccc(Cn2ccc3cc(Cl)cc(-c4nn[nH]n4)c32)cc1. The van der Waals surface area contributed by atoms with E-state index < -0.39 is 0 Å². The van der Waals surface area contributed by atoms with Crippen LogP contribution >= 0.6 is 11.6 Å². The minimum atomic E-state index is -0.245. The molecule has 2 heterocycles. The number of tetrazole rings is 1. The topological polar surface area (TPSA) is 59.4 Å². The van der Waals surface area contributed by atoms with Crippen LogP contribution in [0.25, 0.3) is 22.3 Å². The van der Waals surface area contributed by atoms with E-state index in [1.807, 2.05) is 24.4 Å². The van der Waals surface area contributed by atoms with Gasteiger partial charge in [-0.3, -0.25) is 0 Å². The second-order valence-electron chi connectivity index (χ2n) is 5.20. The molecule has 0 saturated carbocycles. The maximum Gasteiger partial charge on any atom is 0.206 e. The Morgan fingerprint density at radius 1 is 1.13 bits per heavy atom. The maximum atomic E-state index is 13.1. The lowest BCUT2D eigenvalue weighted by Crippen LogP contribution is -1.99. The van der Waals surface area contributed by atoms with Crippen LogP contribution in [-0.4, -0.2) is 25.2 Å². The average Bonchev–Trinajstić information content (AvgIpc) is 3.19. The van der Waals surface area contributed by atoms with Crippen molar-refractivity contribution >= 4 is 22.5 Å². The summed E-state index contributed by atoms with van der Waals surface area (Å²) in [4.78, 5) is 0. The number of nitrogens with zero attached hydrogens (tertiary/aromatic N) is 4. The Bertz CT molecular complexity index is 960. The summed E-state index contributed by atoms with van der Waals surface area (Å²) < 4.78 is 15.1. The van der Waals surface area contributed by atoms with Crippen molar-refractivity contribution in [2.75, 3.05) is 0 Å². The van der Waals surface area contributed by atoms with E-state index in [0.717, 1.165) is 22.0 Å². The summed E-state index contributed by atoms with van der Waals surface area (Å²) in [6.07, 6.45) is 1.97. The van der Waals surface area contributed by atoms with Crippen LogP contribution in [0.4, 0.5) is 4.39 Å². The van der Waals surface area contributed by atoms with Crippen LogP contribution < -0.4 is 0 Å². The van der Waals surface area contributed by atoms with Gasteiger partial charge in [-0.25, -0.2) is 4.39 Å². The smallest absolute Gasteiger partial charge is 0.206 e. The van der Waals surface area contributed by atoms with E-state index in [0.29, 0.717) is 17.4 Å². The molecule has 0 aliphatic heterocycles. The van der Waals surface area contributed by atoms with Gasteiger partial charge >= 0.3 is 0 Å². The molecule has 0 fully saturated rings. The Kier molecular flexibility index (Phi) is 3.31. The molecule has 0 atom stereocenters. The Balaban J connectivity index is 1.86. The normalized spacial score (nSPS) is 11.2. The fourth-order valence-electron chi connectivity index (χ4n) is 2.68. The number of H-pyrrole nitrogens is 1. The molecule has 0 bridgehead atoms. The molecular weight excluding hydrogens is 317 g/mol. The van der Waals surface area contributed by atoms with E-state index in [4.69, 9.17) is 11.6 Å². The fraction of sp³-hybridized carbons (Fsp3) is 0.0625. The van der Waals surface area contributed by atoms with Crippen molar-refractivity contribution < 1.29 is 4.39 Å². The standard InChI is InChI=1S/C16H11ClFN5/c17-12-7-11-5-6-23(9-10-1-3-13(18)4-2-10)15(11)14(8-12)16-19-21-22-20-16/h1-8H,9H2,(H,19,20,21,22). The van der Waals surface area contributed by atoms with Crippen LogP contribution in [0.1, 0.15) is 5.56 Å². The molecule has 114 valence electrons. The van der Waals surface area contributed by atoms with E-state index in [9.17, 15) is 4.39 Å². The summed E-state index contributed by atoms with van der Waals surface area (Å²) in [6, 6.07) is 12.1. The van der Waals surface area contributed by atoms with Gasteiger partial charge in [0.15, 0.2) is 0 Å². The zero-order valence-corrected chi connectivity index (χ0v) is 12.6. The first-order valence-electron chi connectivity index (χ1n) is 6.97. The van der Waals surface area contributed by atoms with Crippen molar-refractivity contribution in [2.45, 2.75) is 6.54 Å². The van der Waals surface area contributed by atoms with Gasteiger partial charge in [0.1, 0.15) is 5.82 Å². The lowest BCUT2D eigenvalue weighted by atomic mass is 10.1. The molecule has 0 saturated heterocycles. The molecule has 2 aromatic heterocycles. The lowest BCUT2D eigenvalue weighted by Gasteiger charge is -2.09. The molecule has 0 aliphatic carbocycles. The molecule has 5 nitrogen and oxygen atoms in total. The van der Waals surface area contributed by atoms with Crippen molar-refractivity contribution in [1.29, 1.82) is 0 Å². The third-order valence-electron chi connectivity index (χ3n) is 3.68. The van der Waals surface area contributed by atoms with Crippen molar-refractivity contribution in [3.05, 3.63) is 65.1 Å². The predicted octanol–water partition coefficient (Wildman–Crippen LogP) is 3.66. The quantitative estimate of drug-likeness (QED) is 0.624. The predicted molar refractivity (Wildman–Crippen MR) is 85.6 cm³/mol. The Morgan fingerprint density at radius 3 is 2.70 bits per heavy atom. The first-order chi connectivity index (χ1) is 11.2. The third kappa shape index (κ3) is 2.57. The Labute approximate surface area is 135 Å². The molecular formula is C16H11ClFN5. The number of fused-ring (bicyclic) bond motifs is 1. The first kappa shape index (κ1) is 13.9. The van der Waals surface area contributed by atoms with Gasteiger partial charge in [0.2, 0.25) is 5.82 Å². The minimum absolute atomic E-state index is 0.245. The van der Waals surface area contributed by atoms with E-state index in [2.05, 4.69) is 25.2 Å². The summed E-state index contributed by atoms with van der Waals surface area (Å²) in [7, 11) is 0. The monoisotopic (exact) mass is 327 g/mol. The number of benzene rings is 2. The Hall–Kier alpha value is -2.73. The lowest BCUT2D eigenvalue weighted by molar-refractivity contribution is 0.626. The zero-order valence-electron chi connectivity index (χ0n) is 11.9. The van der Waals surface area contributed by atoms with Crippen molar-refractivity contribution in [1.82, 2.24) is 25.2 Å². The second kappa shape index (κ2) is 5.48. The van der Waals surface area contributed by atoms with Crippen molar-refractivity contribution in [2.24, 2.45) is 0 Å². The highest BCUT2D eigenvalue weighted by molar-refractivity contribution is 6.31. The number of rotatable bonds is 3. The summed E-state index contributed by atoms with van der Waals surface area (Å²) >= 11 is 6.19. The molecule has 1 N–H and O–H groups in total. The highest BCUT2D eigenvalue weighted by Crippen LogP contribution is 2.31. The number of hydrogen-bond acceptors (Lipinski definition) is 3. The van der Waals surface area contributed by atoms with Gasteiger partial charge in [-0.15, -0.1) is 10.2 Å². The zero-order chi connectivity index (χ0) is 15.8.